The van der Waals surface area contributed by atoms with Crippen LogP contribution in [0.25, 0.3) is 11.1 Å². The number of rotatable bonds is 4. The molecule has 0 aromatic heterocycles. The second-order valence-electron chi connectivity index (χ2n) is 6.01. The van der Waals surface area contributed by atoms with Crippen molar-refractivity contribution in [1.82, 2.24) is 0 Å². The molecule has 0 radical (unpaired) electrons. The molecule has 2 aromatic rings. The third-order valence-electron chi connectivity index (χ3n) is 4.69. The molecule has 0 bridgehead atoms. The van der Waals surface area contributed by atoms with Crippen LogP contribution in [0.5, 0.6) is 17.2 Å². The Morgan fingerprint density at radius 2 is 1.81 bits per heavy atom. The molecule has 3 rings (SSSR count). The molecule has 1 aliphatic rings. The van der Waals surface area contributed by atoms with E-state index in [4.69, 9.17) is 14.2 Å². The molecule has 0 amide bonds. The van der Waals surface area contributed by atoms with E-state index < -0.39 is 6.10 Å². The van der Waals surface area contributed by atoms with Gasteiger partial charge in [0.05, 0.1) is 32.3 Å². The number of ether oxygens (including phenoxy) is 3. The highest BCUT2D eigenvalue weighted by Crippen LogP contribution is 2.50. The monoisotopic (exact) mass is 374 g/mol. The van der Waals surface area contributed by atoms with E-state index >= 15 is 0 Å². The van der Waals surface area contributed by atoms with Crippen molar-refractivity contribution in [3.05, 3.63) is 45.6 Å². The number of aryl methyl sites for hydroxylation is 1. The van der Waals surface area contributed by atoms with Crippen molar-refractivity contribution in [3.8, 4) is 28.4 Å². The zero-order valence-corrected chi connectivity index (χ0v) is 16.1. The predicted molar refractivity (Wildman–Crippen MR) is 103 cm³/mol. The fourth-order valence-corrected chi connectivity index (χ4v) is 3.91. The van der Waals surface area contributed by atoms with Crippen molar-refractivity contribution in [1.29, 1.82) is 0 Å². The van der Waals surface area contributed by atoms with Crippen LogP contribution in [0.4, 0.5) is 0 Å². The first kappa shape index (κ1) is 18.6. The maximum atomic E-state index is 12.5. The average molecular weight is 374 g/mol. The predicted octanol–water partition coefficient (Wildman–Crippen LogP) is 3.44. The van der Waals surface area contributed by atoms with E-state index in [1.807, 2.05) is 18.4 Å². The third-order valence-corrected chi connectivity index (χ3v) is 5.47. The zero-order chi connectivity index (χ0) is 18.8. The molecule has 1 N–H and O–H groups in total. The topological polar surface area (TPSA) is 65.0 Å². The minimum absolute atomic E-state index is 0.0966. The fraction of sp³-hybridized carbons (Fsp3) is 0.350. The molecule has 0 fully saturated rings. The molecule has 0 spiro atoms. The van der Waals surface area contributed by atoms with E-state index in [0.717, 1.165) is 16.7 Å². The first-order valence-electron chi connectivity index (χ1n) is 8.28. The van der Waals surface area contributed by atoms with Crippen molar-refractivity contribution < 1.29 is 19.3 Å². The number of hydrogen-bond acceptors (Lipinski definition) is 6. The first-order chi connectivity index (χ1) is 12.5. The van der Waals surface area contributed by atoms with Crippen molar-refractivity contribution in [2.24, 2.45) is 0 Å². The lowest BCUT2D eigenvalue weighted by molar-refractivity contribution is 0.169. The summed E-state index contributed by atoms with van der Waals surface area (Å²) in [5.74, 6) is 1.62. The number of aliphatic hydroxyl groups excluding tert-OH is 1. The van der Waals surface area contributed by atoms with Gasteiger partial charge in [0.2, 0.25) is 5.75 Å². The molecule has 1 aliphatic carbocycles. The van der Waals surface area contributed by atoms with Crippen LogP contribution in [0.15, 0.2) is 34.0 Å². The van der Waals surface area contributed by atoms with Gasteiger partial charge in [0, 0.05) is 5.56 Å². The van der Waals surface area contributed by atoms with Gasteiger partial charge in [-0.15, -0.1) is 11.8 Å². The standard InChI is InChI=1S/C20H22O5S/c1-23-16-9-11-5-7-14(21)13-10-15(22)17(26-4)8-6-12(13)18(11)20(25-3)19(16)24-2/h6,8-10,14,21H,5,7H2,1-4H3/t14-/m1/s1. The maximum absolute atomic E-state index is 12.5. The van der Waals surface area contributed by atoms with E-state index in [2.05, 4.69) is 0 Å². The van der Waals surface area contributed by atoms with Gasteiger partial charge in [0.25, 0.3) is 0 Å². The largest absolute Gasteiger partial charge is 0.493 e. The van der Waals surface area contributed by atoms with Crippen molar-refractivity contribution in [2.45, 2.75) is 23.8 Å². The van der Waals surface area contributed by atoms with Gasteiger partial charge in [-0.05, 0) is 54.0 Å². The lowest BCUT2D eigenvalue weighted by Gasteiger charge is -2.19. The second-order valence-corrected chi connectivity index (χ2v) is 6.86. The van der Waals surface area contributed by atoms with Gasteiger partial charge in [-0.3, -0.25) is 4.79 Å². The Hall–Kier alpha value is -2.18. The zero-order valence-electron chi connectivity index (χ0n) is 15.3. The Kier molecular flexibility index (Phi) is 5.44. The molecule has 6 heteroatoms. The highest BCUT2D eigenvalue weighted by atomic mass is 32.2. The van der Waals surface area contributed by atoms with Gasteiger partial charge in [-0.1, -0.05) is 6.07 Å². The first-order valence-corrected chi connectivity index (χ1v) is 9.50. The van der Waals surface area contributed by atoms with E-state index in [9.17, 15) is 9.90 Å². The highest BCUT2D eigenvalue weighted by molar-refractivity contribution is 7.98. The van der Waals surface area contributed by atoms with Gasteiger partial charge in [-0.2, -0.15) is 0 Å². The van der Waals surface area contributed by atoms with Gasteiger partial charge < -0.3 is 19.3 Å². The fourth-order valence-electron chi connectivity index (χ4n) is 3.45. The molecule has 138 valence electrons. The number of thioether (sulfide) groups is 1. The number of aliphatic hydroxyl groups is 1. The number of methoxy groups -OCH3 is 3. The van der Waals surface area contributed by atoms with Crippen LogP contribution in [0, 0.1) is 0 Å². The molecule has 0 saturated carbocycles. The third kappa shape index (κ3) is 3.04. The lowest BCUT2D eigenvalue weighted by atomic mass is 9.96. The molecule has 5 nitrogen and oxygen atoms in total. The normalized spacial score (nSPS) is 15.5. The van der Waals surface area contributed by atoms with Crippen LogP contribution in [-0.4, -0.2) is 32.7 Å². The number of benzene rings is 1. The molecule has 0 aliphatic heterocycles. The molecule has 26 heavy (non-hydrogen) atoms. The summed E-state index contributed by atoms with van der Waals surface area (Å²) < 4.78 is 16.6. The summed E-state index contributed by atoms with van der Waals surface area (Å²) >= 11 is 1.39. The van der Waals surface area contributed by atoms with Crippen molar-refractivity contribution >= 4 is 11.8 Å². The summed E-state index contributed by atoms with van der Waals surface area (Å²) in [5.41, 5.74) is 3.11. The van der Waals surface area contributed by atoms with Crippen LogP contribution in [0.1, 0.15) is 23.7 Å². The van der Waals surface area contributed by atoms with Gasteiger partial charge in [0.15, 0.2) is 16.9 Å². The smallest absolute Gasteiger partial charge is 0.203 e. The van der Waals surface area contributed by atoms with Gasteiger partial charge in [-0.25, -0.2) is 0 Å². The maximum Gasteiger partial charge on any atom is 0.203 e. The summed E-state index contributed by atoms with van der Waals surface area (Å²) in [6.07, 6.45) is 2.28. The summed E-state index contributed by atoms with van der Waals surface area (Å²) in [6, 6.07) is 7.13. The van der Waals surface area contributed by atoms with Crippen LogP contribution < -0.4 is 19.6 Å². The second kappa shape index (κ2) is 7.60. The van der Waals surface area contributed by atoms with Crippen LogP contribution in [0.3, 0.4) is 0 Å². The summed E-state index contributed by atoms with van der Waals surface area (Å²) in [6.45, 7) is 0. The SMILES string of the molecule is COc1cc2c(c(OC)c1OC)-c1ccc(SC)c(=O)cc1[C@H](O)CC2. The average Bonchev–Trinajstić information content (AvgIpc) is 2.89. The Morgan fingerprint density at radius 3 is 2.42 bits per heavy atom. The number of fused-ring (bicyclic) bond motifs is 3. The molecular weight excluding hydrogens is 352 g/mol. The van der Waals surface area contributed by atoms with Crippen LogP contribution in [-0.2, 0) is 6.42 Å². The minimum atomic E-state index is -0.728. The molecular formula is C20H22O5S. The molecule has 0 saturated heterocycles. The lowest BCUT2D eigenvalue weighted by Crippen LogP contribution is -2.03. The van der Waals surface area contributed by atoms with Crippen LogP contribution in [0.2, 0.25) is 0 Å². The van der Waals surface area contributed by atoms with Gasteiger partial charge in [0.1, 0.15) is 0 Å². The minimum Gasteiger partial charge on any atom is -0.493 e. The molecule has 0 heterocycles. The molecule has 2 aromatic carbocycles. The quantitative estimate of drug-likeness (QED) is 0.827. The number of hydrogen-bond donors (Lipinski definition) is 1. The Bertz CT molecular complexity index is 894. The van der Waals surface area contributed by atoms with E-state index in [1.165, 1.54) is 17.8 Å². The van der Waals surface area contributed by atoms with Gasteiger partial charge >= 0.3 is 0 Å². The Morgan fingerprint density at radius 1 is 1.08 bits per heavy atom. The van der Waals surface area contributed by atoms with Crippen molar-refractivity contribution in [2.75, 3.05) is 27.6 Å². The van der Waals surface area contributed by atoms with E-state index in [1.54, 1.807) is 27.4 Å². The Labute approximate surface area is 156 Å². The highest BCUT2D eigenvalue weighted by Gasteiger charge is 2.28. The van der Waals surface area contributed by atoms with E-state index in [0.29, 0.717) is 40.5 Å². The summed E-state index contributed by atoms with van der Waals surface area (Å²) in [4.78, 5) is 13.1. The van der Waals surface area contributed by atoms with Crippen molar-refractivity contribution in [3.63, 3.8) is 0 Å². The Balaban J connectivity index is 2.43. The molecule has 1 atom stereocenters. The summed E-state index contributed by atoms with van der Waals surface area (Å²) in [7, 11) is 4.72. The van der Waals surface area contributed by atoms with Crippen LogP contribution >= 0.6 is 11.8 Å². The summed E-state index contributed by atoms with van der Waals surface area (Å²) in [5, 5.41) is 10.7. The van der Waals surface area contributed by atoms with E-state index in [-0.39, 0.29) is 5.43 Å². The molecule has 0 unspecified atom stereocenters.